The average molecular weight is 457 g/mol. The van der Waals surface area contributed by atoms with Gasteiger partial charge in [0.15, 0.2) is 0 Å². The minimum absolute atomic E-state index is 0.216. The van der Waals surface area contributed by atoms with Crippen LogP contribution in [0.4, 0.5) is 0 Å². The third-order valence-electron chi connectivity index (χ3n) is 4.83. The first-order chi connectivity index (χ1) is 14.8. The third-order valence-corrected chi connectivity index (χ3v) is 5.49. The van der Waals surface area contributed by atoms with E-state index < -0.39 is 11.8 Å². The van der Waals surface area contributed by atoms with Crippen molar-refractivity contribution < 1.29 is 9.59 Å². The fourth-order valence-electron chi connectivity index (χ4n) is 3.11. The molecule has 0 aliphatic heterocycles. The summed E-state index contributed by atoms with van der Waals surface area (Å²) in [7, 11) is 0. The van der Waals surface area contributed by atoms with Crippen molar-refractivity contribution in [2.75, 3.05) is 0 Å². The zero-order chi connectivity index (χ0) is 22.5. The Hall–Kier alpha value is -3.09. The van der Waals surface area contributed by atoms with Gasteiger partial charge in [-0.15, -0.1) is 0 Å². The molecule has 2 N–H and O–H groups in total. The second kappa shape index (κ2) is 9.81. The molecule has 0 spiro atoms. The second-order valence-corrected chi connectivity index (χ2v) is 7.95. The van der Waals surface area contributed by atoms with E-state index in [1.54, 1.807) is 24.3 Å². The highest BCUT2D eigenvalue weighted by molar-refractivity contribution is 6.35. The SMILES string of the molecule is Cc1ccc(-n2c(C)cc(/C=N\NC(=O)C(=O)NCc3ccc(Cl)cc3)c2C)cc1Cl. The summed E-state index contributed by atoms with van der Waals surface area (Å²) < 4.78 is 2.05. The van der Waals surface area contributed by atoms with Crippen LogP contribution >= 0.6 is 23.2 Å². The third kappa shape index (κ3) is 5.54. The molecular weight excluding hydrogens is 435 g/mol. The maximum atomic E-state index is 12.0. The van der Waals surface area contributed by atoms with Gasteiger partial charge in [0.05, 0.1) is 6.21 Å². The number of rotatable bonds is 5. The molecule has 0 saturated heterocycles. The Labute approximate surface area is 190 Å². The number of nitrogens with one attached hydrogen (secondary N) is 2. The van der Waals surface area contributed by atoms with E-state index in [1.165, 1.54) is 6.21 Å². The summed E-state index contributed by atoms with van der Waals surface area (Å²) in [6.07, 6.45) is 1.51. The number of aryl methyl sites for hydroxylation is 2. The molecule has 2 aromatic carbocycles. The number of halogens is 2. The van der Waals surface area contributed by atoms with E-state index in [0.717, 1.165) is 33.8 Å². The van der Waals surface area contributed by atoms with Crippen LogP contribution in [0.2, 0.25) is 10.0 Å². The summed E-state index contributed by atoms with van der Waals surface area (Å²) in [5, 5.41) is 7.76. The first kappa shape index (κ1) is 22.6. The molecule has 1 heterocycles. The molecule has 0 radical (unpaired) electrons. The average Bonchev–Trinajstić information content (AvgIpc) is 3.02. The number of aromatic nitrogens is 1. The molecule has 160 valence electrons. The van der Waals surface area contributed by atoms with Crippen LogP contribution in [-0.4, -0.2) is 22.6 Å². The monoisotopic (exact) mass is 456 g/mol. The van der Waals surface area contributed by atoms with Crippen molar-refractivity contribution in [2.45, 2.75) is 27.3 Å². The van der Waals surface area contributed by atoms with Gasteiger partial charge >= 0.3 is 11.8 Å². The van der Waals surface area contributed by atoms with E-state index in [-0.39, 0.29) is 6.54 Å². The number of carbonyl (C=O) groups is 2. The summed E-state index contributed by atoms with van der Waals surface area (Å²) in [5.41, 5.74) is 7.77. The molecule has 6 nitrogen and oxygen atoms in total. The van der Waals surface area contributed by atoms with Gasteiger partial charge in [0, 0.05) is 39.2 Å². The normalized spacial score (nSPS) is 11.0. The van der Waals surface area contributed by atoms with Crippen LogP contribution in [-0.2, 0) is 16.1 Å². The Morgan fingerprint density at radius 1 is 1.00 bits per heavy atom. The predicted molar refractivity (Wildman–Crippen MR) is 124 cm³/mol. The van der Waals surface area contributed by atoms with E-state index >= 15 is 0 Å². The van der Waals surface area contributed by atoms with Crippen LogP contribution in [0.3, 0.4) is 0 Å². The van der Waals surface area contributed by atoms with Gasteiger partial charge in [0.2, 0.25) is 0 Å². The zero-order valence-corrected chi connectivity index (χ0v) is 18.9. The highest BCUT2D eigenvalue weighted by atomic mass is 35.5. The van der Waals surface area contributed by atoms with Gasteiger partial charge in [-0.2, -0.15) is 5.10 Å². The molecular formula is C23H22Cl2N4O2. The molecule has 2 amide bonds. The Bertz CT molecular complexity index is 1150. The molecule has 1 aromatic heterocycles. The Morgan fingerprint density at radius 2 is 1.71 bits per heavy atom. The van der Waals surface area contributed by atoms with E-state index in [2.05, 4.69) is 15.8 Å². The van der Waals surface area contributed by atoms with Crippen LogP contribution in [0, 0.1) is 20.8 Å². The maximum Gasteiger partial charge on any atom is 0.329 e. The van der Waals surface area contributed by atoms with Crippen LogP contribution in [0.1, 0.15) is 28.1 Å². The Balaban J connectivity index is 1.62. The lowest BCUT2D eigenvalue weighted by molar-refractivity contribution is -0.139. The van der Waals surface area contributed by atoms with Crippen LogP contribution < -0.4 is 10.7 Å². The van der Waals surface area contributed by atoms with Crippen molar-refractivity contribution in [3.63, 3.8) is 0 Å². The first-order valence-electron chi connectivity index (χ1n) is 9.57. The summed E-state index contributed by atoms with van der Waals surface area (Å²) in [6.45, 7) is 6.09. The molecule has 0 aliphatic rings. The largest absolute Gasteiger partial charge is 0.344 e. The molecule has 3 aromatic rings. The number of nitrogens with zero attached hydrogens (tertiary/aromatic N) is 2. The molecule has 0 aliphatic carbocycles. The number of amides is 2. The summed E-state index contributed by atoms with van der Waals surface area (Å²) in [6, 6.07) is 14.8. The van der Waals surface area contributed by atoms with Crippen molar-refractivity contribution in [2.24, 2.45) is 5.10 Å². The lowest BCUT2D eigenvalue weighted by Gasteiger charge is -2.11. The van der Waals surface area contributed by atoms with Gasteiger partial charge in [0.1, 0.15) is 0 Å². The smallest absolute Gasteiger partial charge is 0.329 e. The minimum atomic E-state index is -0.843. The Kier molecular flexibility index (Phi) is 7.15. The fraction of sp³-hybridized carbons (Fsp3) is 0.174. The van der Waals surface area contributed by atoms with Crippen LogP contribution in [0.15, 0.2) is 53.6 Å². The van der Waals surface area contributed by atoms with Crippen LogP contribution in [0.5, 0.6) is 0 Å². The molecule has 0 bridgehead atoms. The van der Waals surface area contributed by atoms with Gasteiger partial charge in [-0.3, -0.25) is 9.59 Å². The molecule has 0 unspecified atom stereocenters. The topological polar surface area (TPSA) is 75.5 Å². The van der Waals surface area contributed by atoms with Gasteiger partial charge in [0.25, 0.3) is 0 Å². The van der Waals surface area contributed by atoms with Gasteiger partial charge < -0.3 is 9.88 Å². The molecule has 0 saturated carbocycles. The standard InChI is InChI=1S/C23H22Cl2N4O2/c1-14-4-9-20(11-21(14)25)29-15(2)10-18(16(29)3)13-27-28-23(31)22(30)26-12-17-5-7-19(24)8-6-17/h4-11,13H,12H2,1-3H3,(H,26,30)(H,28,31)/b27-13-. The van der Waals surface area contributed by atoms with Crippen LogP contribution in [0.25, 0.3) is 5.69 Å². The maximum absolute atomic E-state index is 12.0. The molecule has 0 fully saturated rings. The number of carbonyl (C=O) groups excluding carboxylic acids is 2. The molecule has 3 rings (SSSR count). The molecule has 0 atom stereocenters. The van der Waals surface area contributed by atoms with Crippen molar-refractivity contribution in [1.29, 1.82) is 0 Å². The quantitative estimate of drug-likeness (QED) is 0.337. The number of hydrogen-bond acceptors (Lipinski definition) is 3. The van der Waals surface area contributed by atoms with Crippen molar-refractivity contribution in [3.8, 4) is 5.69 Å². The Morgan fingerprint density at radius 3 is 2.39 bits per heavy atom. The fourth-order valence-corrected chi connectivity index (χ4v) is 3.41. The highest BCUT2D eigenvalue weighted by Crippen LogP contribution is 2.24. The zero-order valence-electron chi connectivity index (χ0n) is 17.4. The first-order valence-corrected chi connectivity index (χ1v) is 10.3. The van der Waals surface area contributed by atoms with Gasteiger partial charge in [-0.25, -0.2) is 5.43 Å². The lowest BCUT2D eigenvalue weighted by Crippen LogP contribution is -2.37. The minimum Gasteiger partial charge on any atom is -0.344 e. The summed E-state index contributed by atoms with van der Waals surface area (Å²) >= 11 is 12.1. The summed E-state index contributed by atoms with van der Waals surface area (Å²) in [4.78, 5) is 23.9. The lowest BCUT2D eigenvalue weighted by atomic mass is 10.2. The van der Waals surface area contributed by atoms with E-state index in [1.807, 2.05) is 49.6 Å². The van der Waals surface area contributed by atoms with E-state index in [4.69, 9.17) is 23.2 Å². The number of hydrazone groups is 1. The van der Waals surface area contributed by atoms with Crippen molar-refractivity contribution in [3.05, 3.63) is 86.7 Å². The predicted octanol–water partition coefficient (Wildman–Crippen LogP) is 4.48. The summed E-state index contributed by atoms with van der Waals surface area (Å²) in [5.74, 6) is -1.61. The van der Waals surface area contributed by atoms with E-state index in [0.29, 0.717) is 10.0 Å². The van der Waals surface area contributed by atoms with Crippen molar-refractivity contribution in [1.82, 2.24) is 15.3 Å². The number of hydrogen-bond donors (Lipinski definition) is 2. The van der Waals surface area contributed by atoms with E-state index in [9.17, 15) is 9.59 Å². The highest BCUT2D eigenvalue weighted by Gasteiger charge is 2.13. The second-order valence-electron chi connectivity index (χ2n) is 7.10. The van der Waals surface area contributed by atoms with Crippen molar-refractivity contribution >= 4 is 41.2 Å². The molecule has 31 heavy (non-hydrogen) atoms. The van der Waals surface area contributed by atoms with Gasteiger partial charge in [-0.05, 0) is 62.2 Å². The van der Waals surface area contributed by atoms with Gasteiger partial charge in [-0.1, -0.05) is 41.4 Å². The number of benzene rings is 2. The molecule has 8 heteroatoms.